The molecule has 2 fully saturated rings. The molecule has 0 aromatic carbocycles. The summed E-state index contributed by atoms with van der Waals surface area (Å²) < 4.78 is 23.4. The second-order valence-electron chi connectivity index (χ2n) is 7.38. The monoisotopic (exact) mass is 380 g/mol. The molecule has 0 aliphatic carbocycles. The van der Waals surface area contributed by atoms with E-state index in [1.54, 1.807) is 20.0 Å². The summed E-state index contributed by atoms with van der Waals surface area (Å²) in [5.74, 6) is 1.33. The zero-order chi connectivity index (χ0) is 18.9. The summed E-state index contributed by atoms with van der Waals surface area (Å²) in [6.07, 6.45) is 5.03. The van der Waals surface area contributed by atoms with Crippen LogP contribution in [-0.4, -0.2) is 66.4 Å². The molecule has 2 unspecified atom stereocenters. The van der Waals surface area contributed by atoms with E-state index in [1.807, 2.05) is 0 Å². The Labute approximate surface area is 155 Å². The number of aromatic nitrogens is 2. The van der Waals surface area contributed by atoms with E-state index in [0.717, 1.165) is 31.6 Å². The minimum Gasteiger partial charge on any atom is -0.354 e. The Morgan fingerprint density at radius 3 is 2.73 bits per heavy atom. The van der Waals surface area contributed by atoms with Crippen LogP contribution in [0.1, 0.15) is 55.3 Å². The van der Waals surface area contributed by atoms with Crippen LogP contribution in [0.15, 0.2) is 6.07 Å². The van der Waals surface area contributed by atoms with Gasteiger partial charge in [0.25, 0.3) is 5.91 Å². The van der Waals surface area contributed by atoms with Gasteiger partial charge in [-0.2, -0.15) is 0 Å². The quantitative estimate of drug-likeness (QED) is 0.792. The van der Waals surface area contributed by atoms with Gasteiger partial charge < -0.3 is 9.80 Å². The number of aryl methyl sites for hydroxylation is 1. The van der Waals surface area contributed by atoms with Crippen molar-refractivity contribution in [1.82, 2.24) is 14.9 Å². The molecule has 144 valence electrons. The molecule has 0 spiro atoms. The smallest absolute Gasteiger partial charge is 0.272 e. The number of piperidine rings is 1. The van der Waals surface area contributed by atoms with E-state index in [1.165, 1.54) is 11.3 Å². The van der Waals surface area contributed by atoms with Crippen molar-refractivity contribution in [3.05, 3.63) is 17.6 Å². The minimum absolute atomic E-state index is 0.0379. The normalized spacial score (nSPS) is 25.3. The Morgan fingerprint density at radius 1 is 1.31 bits per heavy atom. The number of anilines is 1. The van der Waals surface area contributed by atoms with E-state index >= 15 is 0 Å². The van der Waals surface area contributed by atoms with Crippen LogP contribution in [-0.2, 0) is 9.84 Å². The third-order valence-corrected chi connectivity index (χ3v) is 7.26. The van der Waals surface area contributed by atoms with Crippen molar-refractivity contribution in [2.45, 2.75) is 58.0 Å². The highest BCUT2D eigenvalue weighted by molar-refractivity contribution is 7.91. The maximum atomic E-state index is 12.9. The number of nitrogens with zero attached hydrogens (tertiary/aromatic N) is 4. The molecule has 2 atom stereocenters. The summed E-state index contributed by atoms with van der Waals surface area (Å²) in [5, 5.41) is 0. The molecule has 1 aromatic heterocycles. The lowest BCUT2D eigenvalue weighted by atomic mass is 10.00. The Hall–Kier alpha value is -1.70. The van der Waals surface area contributed by atoms with Crippen LogP contribution in [0, 0.1) is 6.92 Å². The fourth-order valence-electron chi connectivity index (χ4n) is 3.96. The number of carbonyl (C=O) groups is 1. The lowest BCUT2D eigenvalue weighted by molar-refractivity contribution is 0.0741. The summed E-state index contributed by atoms with van der Waals surface area (Å²) >= 11 is 0. The van der Waals surface area contributed by atoms with Crippen molar-refractivity contribution >= 4 is 21.6 Å². The number of sulfone groups is 1. The third-order valence-electron chi connectivity index (χ3n) is 5.51. The van der Waals surface area contributed by atoms with E-state index < -0.39 is 9.84 Å². The topological polar surface area (TPSA) is 83.5 Å². The molecule has 7 nitrogen and oxygen atoms in total. The van der Waals surface area contributed by atoms with E-state index in [4.69, 9.17) is 0 Å². The molecule has 0 bridgehead atoms. The molecule has 2 aliphatic heterocycles. The Balaban J connectivity index is 1.84. The molecule has 3 rings (SSSR count). The Bertz CT molecular complexity index is 781. The summed E-state index contributed by atoms with van der Waals surface area (Å²) in [4.78, 5) is 25.6. The maximum Gasteiger partial charge on any atom is 0.272 e. The first-order chi connectivity index (χ1) is 12.3. The number of rotatable bonds is 4. The fourth-order valence-corrected chi connectivity index (χ4v) is 5.74. The van der Waals surface area contributed by atoms with Crippen molar-refractivity contribution in [2.75, 3.05) is 30.0 Å². The van der Waals surface area contributed by atoms with Crippen LogP contribution in [0.3, 0.4) is 0 Å². The van der Waals surface area contributed by atoms with Gasteiger partial charge >= 0.3 is 0 Å². The van der Waals surface area contributed by atoms with Gasteiger partial charge in [-0.3, -0.25) is 4.79 Å². The summed E-state index contributed by atoms with van der Waals surface area (Å²) in [5.41, 5.74) is 0.347. The first-order valence-corrected chi connectivity index (χ1v) is 11.2. The van der Waals surface area contributed by atoms with Crippen molar-refractivity contribution in [3.63, 3.8) is 0 Å². The summed E-state index contributed by atoms with van der Waals surface area (Å²) in [7, 11) is -1.37. The largest absolute Gasteiger partial charge is 0.354 e. The standard InChI is InChI=1S/C18H28N4O3S/c1-4-14-7-5-6-9-22(14)17-11-16(19-13(2)20-17)18(23)21(3)15-8-10-26(24,25)12-15/h11,14-15H,4-10,12H2,1-3H3. The second-order valence-corrected chi connectivity index (χ2v) is 9.61. The first kappa shape index (κ1) is 19.1. The molecule has 0 saturated carbocycles. The molecule has 0 radical (unpaired) electrons. The van der Waals surface area contributed by atoms with Gasteiger partial charge in [-0.05, 0) is 39.0 Å². The fraction of sp³-hybridized carbons (Fsp3) is 0.722. The zero-order valence-electron chi connectivity index (χ0n) is 15.8. The predicted molar refractivity (Wildman–Crippen MR) is 101 cm³/mol. The molecular weight excluding hydrogens is 352 g/mol. The number of carbonyl (C=O) groups excluding carboxylic acids is 1. The van der Waals surface area contributed by atoms with Crippen molar-refractivity contribution < 1.29 is 13.2 Å². The van der Waals surface area contributed by atoms with E-state index in [2.05, 4.69) is 21.8 Å². The maximum absolute atomic E-state index is 12.9. The van der Waals surface area contributed by atoms with Crippen molar-refractivity contribution in [2.24, 2.45) is 0 Å². The first-order valence-electron chi connectivity index (χ1n) is 9.40. The van der Waals surface area contributed by atoms with Gasteiger partial charge in [0.15, 0.2) is 9.84 Å². The van der Waals surface area contributed by atoms with Crippen LogP contribution < -0.4 is 4.90 Å². The molecule has 2 aliphatic rings. The van der Waals surface area contributed by atoms with Crippen LogP contribution in [0.25, 0.3) is 0 Å². The van der Waals surface area contributed by atoms with Gasteiger partial charge in [0.05, 0.1) is 11.5 Å². The molecule has 0 N–H and O–H groups in total. The van der Waals surface area contributed by atoms with Gasteiger partial charge in [-0.25, -0.2) is 18.4 Å². The number of amides is 1. The molecular formula is C18H28N4O3S. The van der Waals surface area contributed by atoms with Crippen LogP contribution in [0.4, 0.5) is 5.82 Å². The average molecular weight is 381 g/mol. The lowest BCUT2D eigenvalue weighted by Gasteiger charge is -2.36. The zero-order valence-corrected chi connectivity index (χ0v) is 16.6. The third kappa shape index (κ3) is 4.00. The minimum atomic E-state index is -3.04. The molecule has 26 heavy (non-hydrogen) atoms. The van der Waals surface area contributed by atoms with Crippen LogP contribution in [0.2, 0.25) is 0 Å². The van der Waals surface area contributed by atoms with Gasteiger partial charge in [0, 0.05) is 31.7 Å². The predicted octanol–water partition coefficient (Wildman–Crippen LogP) is 1.81. The van der Waals surface area contributed by atoms with E-state index in [-0.39, 0.29) is 23.5 Å². The highest BCUT2D eigenvalue weighted by Gasteiger charge is 2.34. The summed E-state index contributed by atoms with van der Waals surface area (Å²) in [6, 6.07) is 1.94. The lowest BCUT2D eigenvalue weighted by Crippen LogP contribution is -2.41. The molecule has 1 amide bonds. The van der Waals surface area contributed by atoms with Crippen LogP contribution in [0.5, 0.6) is 0 Å². The number of hydrogen-bond donors (Lipinski definition) is 0. The molecule has 1 aromatic rings. The Kier molecular flexibility index (Phi) is 5.50. The van der Waals surface area contributed by atoms with Gasteiger partial charge in [-0.15, -0.1) is 0 Å². The highest BCUT2D eigenvalue weighted by Crippen LogP contribution is 2.26. The van der Waals surface area contributed by atoms with Gasteiger partial charge in [-0.1, -0.05) is 6.92 Å². The van der Waals surface area contributed by atoms with Crippen molar-refractivity contribution in [1.29, 1.82) is 0 Å². The van der Waals surface area contributed by atoms with Crippen LogP contribution >= 0.6 is 0 Å². The highest BCUT2D eigenvalue weighted by atomic mass is 32.2. The second kappa shape index (κ2) is 7.50. The van der Waals surface area contributed by atoms with Gasteiger partial charge in [0.1, 0.15) is 17.3 Å². The van der Waals surface area contributed by atoms with E-state index in [9.17, 15) is 13.2 Å². The number of hydrogen-bond acceptors (Lipinski definition) is 6. The molecule has 2 saturated heterocycles. The van der Waals surface area contributed by atoms with Crippen molar-refractivity contribution in [3.8, 4) is 0 Å². The van der Waals surface area contributed by atoms with E-state index in [0.29, 0.717) is 24.0 Å². The summed E-state index contributed by atoms with van der Waals surface area (Å²) in [6.45, 7) is 4.92. The molecule has 3 heterocycles. The van der Waals surface area contributed by atoms with Gasteiger partial charge in [0.2, 0.25) is 0 Å². The average Bonchev–Trinajstić information content (AvgIpc) is 2.99. The molecule has 8 heteroatoms. The SMILES string of the molecule is CCC1CCCCN1c1cc(C(=O)N(C)C2CCS(=O)(=O)C2)nc(C)n1. The Morgan fingerprint density at radius 2 is 2.08 bits per heavy atom.